The van der Waals surface area contributed by atoms with Gasteiger partial charge in [-0.15, -0.1) is 41.9 Å². The van der Waals surface area contributed by atoms with Crippen LogP contribution in [0.25, 0.3) is 22.6 Å². The molecule has 2 aliphatic rings. The van der Waals surface area contributed by atoms with E-state index in [4.69, 9.17) is 14.1 Å². The summed E-state index contributed by atoms with van der Waals surface area (Å²) in [6.07, 6.45) is 1.73. The molecule has 0 radical (unpaired) electrons. The topological polar surface area (TPSA) is 54.6 Å². The van der Waals surface area contributed by atoms with Crippen molar-refractivity contribution in [1.82, 2.24) is 9.97 Å². The smallest absolute Gasteiger partial charge is 0.481 e. The number of fused-ring (bicyclic) bond motifs is 5. The van der Waals surface area contributed by atoms with Crippen molar-refractivity contribution in [2.24, 2.45) is 0 Å². The Bertz CT molecular complexity index is 2460. The minimum atomic E-state index is -0.215. The summed E-state index contributed by atoms with van der Waals surface area (Å²) in [5, 5.41) is 0. The molecule has 0 bridgehead atoms. The fourth-order valence-electron chi connectivity index (χ4n) is 7.14. The molecule has 0 N–H and O–H groups in total. The van der Waals surface area contributed by atoms with Crippen LogP contribution in [0.4, 0.5) is 34.1 Å². The van der Waals surface area contributed by atoms with Gasteiger partial charge < -0.3 is 19.0 Å². The summed E-state index contributed by atoms with van der Waals surface area (Å²) in [7, 11) is 0. The minimum absolute atomic E-state index is 0. The fraction of sp³-hybridized carbons (Fsp3) is 0. The Morgan fingerprint density at radius 3 is 1.90 bits per heavy atom. The van der Waals surface area contributed by atoms with Gasteiger partial charge in [0.15, 0.2) is 0 Å². The summed E-state index contributed by atoms with van der Waals surface area (Å²) < 4.78 is 12.6. The Hall–Kier alpha value is -5.91. The molecule has 10 rings (SSSR count). The van der Waals surface area contributed by atoms with Gasteiger partial charge in [0, 0.05) is 40.8 Å². The van der Waals surface area contributed by atoms with E-state index in [2.05, 4.69) is 112 Å². The number of oxazole rings is 1. The molecule has 0 unspecified atom stereocenters. The molecule has 0 spiro atoms. The van der Waals surface area contributed by atoms with Crippen LogP contribution >= 0.6 is 0 Å². The zero-order valence-electron chi connectivity index (χ0n) is 26.4. The number of ether oxygens (including phenoxy) is 1. The zero-order chi connectivity index (χ0) is 32.3. The normalized spacial score (nSPS) is 12.5. The molecule has 2 aliphatic heterocycles. The number of pyridine rings is 1. The maximum absolute atomic E-state index is 6.29. The quantitative estimate of drug-likeness (QED) is 0.129. The van der Waals surface area contributed by atoms with Crippen molar-refractivity contribution in [2.45, 2.75) is 0 Å². The van der Waals surface area contributed by atoms with Gasteiger partial charge in [-0.1, -0.05) is 71.9 Å². The van der Waals surface area contributed by atoms with Crippen molar-refractivity contribution in [1.29, 1.82) is 0 Å². The fourth-order valence-corrected chi connectivity index (χ4v) is 7.14. The molecule has 50 heavy (non-hydrogen) atoms. The van der Waals surface area contributed by atoms with Crippen LogP contribution in [0.5, 0.6) is 11.6 Å². The summed E-state index contributed by atoms with van der Waals surface area (Å²) in [5.74, 6) is 1.64. The van der Waals surface area contributed by atoms with Crippen LogP contribution in [0.3, 0.4) is 0 Å². The van der Waals surface area contributed by atoms with Gasteiger partial charge in [-0.05, 0) is 65.7 Å². The van der Waals surface area contributed by atoms with Gasteiger partial charge in [0.1, 0.15) is 11.5 Å². The van der Waals surface area contributed by atoms with Crippen molar-refractivity contribution >= 4 is 68.3 Å². The molecule has 0 amide bonds. The number of nitrogens with zero attached hydrogens (tertiary/aromatic N) is 4. The predicted molar refractivity (Wildman–Crippen MR) is 195 cm³/mol. The number of para-hydroxylation sites is 4. The Morgan fingerprint density at radius 2 is 1.22 bits per heavy atom. The van der Waals surface area contributed by atoms with Crippen LogP contribution in [0.1, 0.15) is 0 Å². The second kappa shape index (κ2) is 12.2. The van der Waals surface area contributed by atoms with E-state index >= 15 is 0 Å². The second-order valence-corrected chi connectivity index (χ2v) is 12.0. The standard InChI is InChI=1S/C42H25BN4O2.Pt/c1-3-12-29(13-4-1)46-35-23-21-28(42-45-34-16-7-8-19-39(34)49-42)26-32(35)43-33-27-31(48-40-20-9-10-25-44-40)22-24-36(33)47(30-14-5-2-6-15-30)38-18-11-17-37(46)41(38)43;/h1-25H;/q-2;+2. The van der Waals surface area contributed by atoms with E-state index in [1.54, 1.807) is 6.20 Å². The van der Waals surface area contributed by atoms with Crippen LogP contribution in [-0.2, 0) is 21.1 Å². The molecule has 0 saturated heterocycles. The third-order valence-corrected chi connectivity index (χ3v) is 9.17. The van der Waals surface area contributed by atoms with E-state index in [9.17, 15) is 0 Å². The molecule has 2 aromatic heterocycles. The molecule has 0 fully saturated rings. The first kappa shape index (κ1) is 30.2. The van der Waals surface area contributed by atoms with Crippen LogP contribution in [0.15, 0.2) is 156 Å². The van der Waals surface area contributed by atoms with Gasteiger partial charge in [-0.25, -0.2) is 4.98 Å². The number of aromatic nitrogens is 2. The van der Waals surface area contributed by atoms with E-state index in [1.165, 1.54) is 0 Å². The Kier molecular flexibility index (Phi) is 7.37. The molecule has 0 atom stereocenters. The summed E-state index contributed by atoms with van der Waals surface area (Å²) in [4.78, 5) is 13.9. The summed E-state index contributed by atoms with van der Waals surface area (Å²) >= 11 is 0. The van der Waals surface area contributed by atoms with Gasteiger partial charge in [0.25, 0.3) is 0 Å². The Labute approximate surface area is 304 Å². The molecule has 8 aromatic rings. The molecule has 4 heterocycles. The molecule has 0 saturated carbocycles. The van der Waals surface area contributed by atoms with E-state index in [0.29, 0.717) is 17.5 Å². The Morgan fingerprint density at radius 1 is 0.580 bits per heavy atom. The molecule has 6 aromatic carbocycles. The number of hydrogen-bond donors (Lipinski definition) is 0. The van der Waals surface area contributed by atoms with Crippen molar-refractivity contribution in [3.63, 3.8) is 0 Å². The van der Waals surface area contributed by atoms with Crippen LogP contribution < -0.4 is 30.9 Å². The molecular formula is C42H25BN4O2Pt. The number of hydrogen-bond acceptors (Lipinski definition) is 6. The third-order valence-electron chi connectivity index (χ3n) is 9.17. The van der Waals surface area contributed by atoms with Crippen LogP contribution in [0, 0.1) is 12.1 Å². The van der Waals surface area contributed by atoms with Gasteiger partial charge >= 0.3 is 21.1 Å². The maximum Gasteiger partial charge on any atom is 2.00 e. The zero-order valence-corrected chi connectivity index (χ0v) is 28.7. The van der Waals surface area contributed by atoms with Crippen molar-refractivity contribution in [3.8, 4) is 23.1 Å². The number of benzene rings is 6. The van der Waals surface area contributed by atoms with Gasteiger partial charge in [-0.2, -0.15) is 5.46 Å². The number of rotatable bonds is 5. The molecule has 6 nitrogen and oxygen atoms in total. The average Bonchev–Trinajstić information content (AvgIpc) is 3.60. The molecule has 8 heteroatoms. The minimum Gasteiger partial charge on any atom is -0.481 e. The Balaban J connectivity index is 0.00000336. The first-order valence-electron chi connectivity index (χ1n) is 16.2. The van der Waals surface area contributed by atoms with Gasteiger partial charge in [-0.3, -0.25) is 4.98 Å². The largest absolute Gasteiger partial charge is 2.00 e. The second-order valence-electron chi connectivity index (χ2n) is 12.0. The van der Waals surface area contributed by atoms with Crippen molar-refractivity contribution < 1.29 is 30.2 Å². The first-order chi connectivity index (χ1) is 24.3. The SMILES string of the molecule is [Pt+2].[c-]1c(Oc2ccccn2)ccc2c1B1c3[c-]c(-c4nc5ccccc5o4)ccc3N(c3ccccc3)c3cccc(c31)N2c1ccccc1. The summed E-state index contributed by atoms with van der Waals surface area (Å²) in [6.45, 7) is -0.215. The van der Waals surface area contributed by atoms with Crippen LogP contribution in [0.2, 0.25) is 0 Å². The van der Waals surface area contributed by atoms with E-state index in [-0.39, 0.29) is 27.8 Å². The summed E-state index contributed by atoms with van der Waals surface area (Å²) in [5.41, 5.74) is 11.9. The van der Waals surface area contributed by atoms with Crippen molar-refractivity contribution in [3.05, 3.63) is 164 Å². The molecule has 0 aliphatic carbocycles. The van der Waals surface area contributed by atoms with Crippen molar-refractivity contribution in [2.75, 3.05) is 9.80 Å². The van der Waals surface area contributed by atoms with Gasteiger partial charge in [0.2, 0.25) is 12.6 Å². The van der Waals surface area contributed by atoms with Crippen LogP contribution in [-0.4, -0.2) is 16.7 Å². The average molecular weight is 824 g/mol. The predicted octanol–water partition coefficient (Wildman–Crippen LogP) is 8.36. The monoisotopic (exact) mass is 823 g/mol. The number of anilines is 6. The first-order valence-corrected chi connectivity index (χ1v) is 16.2. The third kappa shape index (κ3) is 4.85. The van der Waals surface area contributed by atoms with E-state index in [0.717, 1.165) is 67.2 Å². The maximum atomic E-state index is 6.29. The molecule has 238 valence electrons. The van der Waals surface area contributed by atoms with E-state index in [1.807, 2.05) is 60.7 Å². The molecular weight excluding hydrogens is 798 g/mol. The van der Waals surface area contributed by atoms with Gasteiger partial charge in [0.05, 0.1) is 5.52 Å². The summed E-state index contributed by atoms with van der Waals surface area (Å²) in [6, 6.07) is 56.9. The van der Waals surface area contributed by atoms with E-state index < -0.39 is 0 Å².